The van der Waals surface area contributed by atoms with Crippen molar-refractivity contribution >= 4 is 44.2 Å². The molecule has 19 heavy (non-hydrogen) atoms. The topological polar surface area (TPSA) is 43.1 Å². The van der Waals surface area contributed by atoms with Crippen molar-refractivity contribution in [3.8, 4) is 0 Å². The third-order valence-corrected chi connectivity index (χ3v) is 6.09. The zero-order valence-electron chi connectivity index (χ0n) is 10.2. The van der Waals surface area contributed by atoms with Gasteiger partial charge in [0.05, 0.1) is 15.7 Å². The Balaban J connectivity index is 1.91. The minimum Gasteiger partial charge on any atom is -0.399 e. The largest absolute Gasteiger partial charge is 0.399 e. The fraction of sp³-hybridized carbons (Fsp3) is 0.143. The maximum atomic E-state index is 12.2. The third kappa shape index (κ3) is 4.37. The molecule has 0 aliphatic heterocycles. The quantitative estimate of drug-likeness (QED) is 0.652. The molecule has 0 amide bonds. The van der Waals surface area contributed by atoms with Gasteiger partial charge in [-0.15, -0.1) is 11.8 Å². The van der Waals surface area contributed by atoms with E-state index in [9.17, 15) is 4.21 Å². The molecule has 0 aliphatic rings. The van der Waals surface area contributed by atoms with Gasteiger partial charge in [0, 0.05) is 26.6 Å². The molecular formula is C14H14BrNOS2. The van der Waals surface area contributed by atoms with Crippen LogP contribution in [0.3, 0.4) is 0 Å². The highest BCUT2D eigenvalue weighted by atomic mass is 79.9. The molecule has 0 spiro atoms. The fourth-order valence-electron chi connectivity index (χ4n) is 1.56. The number of benzene rings is 2. The molecule has 0 aromatic heterocycles. The van der Waals surface area contributed by atoms with Crippen LogP contribution in [0.15, 0.2) is 62.8 Å². The van der Waals surface area contributed by atoms with Gasteiger partial charge in [0.2, 0.25) is 0 Å². The average Bonchev–Trinajstić information content (AvgIpc) is 2.39. The van der Waals surface area contributed by atoms with Gasteiger partial charge in [0.15, 0.2) is 0 Å². The molecule has 0 aliphatic carbocycles. The van der Waals surface area contributed by atoms with Crippen LogP contribution in [0.2, 0.25) is 0 Å². The lowest BCUT2D eigenvalue weighted by Crippen LogP contribution is -2.02. The summed E-state index contributed by atoms with van der Waals surface area (Å²) in [5.74, 6) is 1.45. The molecule has 2 aromatic carbocycles. The zero-order chi connectivity index (χ0) is 13.7. The van der Waals surface area contributed by atoms with Crippen molar-refractivity contribution in [1.29, 1.82) is 0 Å². The highest BCUT2D eigenvalue weighted by Crippen LogP contribution is 2.24. The monoisotopic (exact) mass is 355 g/mol. The lowest BCUT2D eigenvalue weighted by molar-refractivity contribution is 0.684. The van der Waals surface area contributed by atoms with Crippen molar-refractivity contribution in [1.82, 2.24) is 0 Å². The Bertz CT molecular complexity index is 575. The Kier molecular flexibility index (Phi) is 5.48. The van der Waals surface area contributed by atoms with Crippen LogP contribution in [0.25, 0.3) is 0 Å². The maximum absolute atomic E-state index is 12.2. The van der Waals surface area contributed by atoms with Crippen LogP contribution in [0.5, 0.6) is 0 Å². The van der Waals surface area contributed by atoms with E-state index >= 15 is 0 Å². The SMILES string of the molecule is Nc1ccc(S(=O)CCSc2ccccc2)c(Br)c1. The van der Waals surface area contributed by atoms with Crippen molar-refractivity contribution in [3.63, 3.8) is 0 Å². The van der Waals surface area contributed by atoms with Gasteiger partial charge in [-0.25, -0.2) is 0 Å². The summed E-state index contributed by atoms with van der Waals surface area (Å²) in [4.78, 5) is 2.01. The molecular weight excluding hydrogens is 342 g/mol. The van der Waals surface area contributed by atoms with Crippen LogP contribution in [-0.2, 0) is 10.8 Å². The summed E-state index contributed by atoms with van der Waals surface area (Å²) in [6, 6.07) is 15.5. The van der Waals surface area contributed by atoms with Gasteiger partial charge in [-0.05, 0) is 46.3 Å². The first-order chi connectivity index (χ1) is 9.16. The normalized spacial score (nSPS) is 12.3. The third-order valence-electron chi connectivity index (χ3n) is 2.48. The fourth-order valence-corrected chi connectivity index (χ4v) is 4.74. The van der Waals surface area contributed by atoms with Gasteiger partial charge >= 0.3 is 0 Å². The molecule has 2 nitrogen and oxygen atoms in total. The summed E-state index contributed by atoms with van der Waals surface area (Å²) < 4.78 is 13.0. The van der Waals surface area contributed by atoms with Crippen molar-refractivity contribution in [2.75, 3.05) is 17.2 Å². The summed E-state index contributed by atoms with van der Waals surface area (Å²) in [6.07, 6.45) is 0. The van der Waals surface area contributed by atoms with Crippen molar-refractivity contribution in [2.45, 2.75) is 9.79 Å². The molecule has 0 fully saturated rings. The number of nitrogens with two attached hydrogens (primary N) is 1. The first-order valence-electron chi connectivity index (χ1n) is 5.78. The molecule has 0 heterocycles. The molecule has 0 radical (unpaired) electrons. The summed E-state index contributed by atoms with van der Waals surface area (Å²) in [7, 11) is -1.00. The number of hydrogen-bond acceptors (Lipinski definition) is 3. The summed E-state index contributed by atoms with van der Waals surface area (Å²) in [5, 5.41) is 0. The Labute approximate surface area is 128 Å². The first-order valence-corrected chi connectivity index (χ1v) is 8.88. The number of rotatable bonds is 5. The van der Waals surface area contributed by atoms with Gasteiger partial charge in [-0.3, -0.25) is 4.21 Å². The molecule has 2 aromatic rings. The molecule has 1 atom stereocenters. The van der Waals surface area contributed by atoms with Crippen molar-refractivity contribution in [2.24, 2.45) is 0 Å². The van der Waals surface area contributed by atoms with Crippen LogP contribution in [0, 0.1) is 0 Å². The van der Waals surface area contributed by atoms with E-state index < -0.39 is 10.8 Å². The molecule has 2 N–H and O–H groups in total. The summed E-state index contributed by atoms with van der Waals surface area (Å²) in [6.45, 7) is 0. The van der Waals surface area contributed by atoms with Crippen LogP contribution < -0.4 is 5.73 Å². The Morgan fingerprint density at radius 1 is 1.16 bits per heavy atom. The first kappa shape index (κ1) is 14.6. The van der Waals surface area contributed by atoms with E-state index in [-0.39, 0.29) is 0 Å². The second-order valence-corrected chi connectivity index (χ2v) is 7.46. The lowest BCUT2D eigenvalue weighted by atomic mass is 10.3. The van der Waals surface area contributed by atoms with Crippen molar-refractivity contribution < 1.29 is 4.21 Å². The second kappa shape index (κ2) is 7.12. The van der Waals surface area contributed by atoms with Gasteiger partial charge in [-0.2, -0.15) is 0 Å². The minimum absolute atomic E-state index is 0.627. The van der Waals surface area contributed by atoms with Crippen LogP contribution in [0.1, 0.15) is 0 Å². The van der Waals surface area contributed by atoms with Crippen molar-refractivity contribution in [3.05, 3.63) is 53.0 Å². The number of halogens is 1. The smallest absolute Gasteiger partial charge is 0.0549 e. The van der Waals surface area contributed by atoms with E-state index in [0.717, 1.165) is 15.1 Å². The number of hydrogen-bond donors (Lipinski definition) is 1. The highest BCUT2D eigenvalue weighted by Gasteiger charge is 2.08. The highest BCUT2D eigenvalue weighted by molar-refractivity contribution is 9.10. The zero-order valence-corrected chi connectivity index (χ0v) is 13.4. The lowest BCUT2D eigenvalue weighted by Gasteiger charge is -2.06. The van der Waals surface area contributed by atoms with Crippen LogP contribution >= 0.6 is 27.7 Å². The van der Waals surface area contributed by atoms with Gasteiger partial charge < -0.3 is 5.73 Å². The Hall–Kier alpha value is -0.780. The standard InChI is InChI=1S/C14H14BrNOS2/c15-13-10-11(16)6-7-14(13)19(17)9-8-18-12-4-2-1-3-5-12/h1-7,10H,8-9,16H2. The predicted molar refractivity (Wildman–Crippen MR) is 87.0 cm³/mol. The van der Waals surface area contributed by atoms with Crippen LogP contribution in [-0.4, -0.2) is 15.7 Å². The predicted octanol–water partition coefficient (Wildman–Crippen LogP) is 3.93. The Morgan fingerprint density at radius 2 is 1.89 bits per heavy atom. The van der Waals surface area contributed by atoms with Crippen LogP contribution in [0.4, 0.5) is 5.69 Å². The number of nitrogen functional groups attached to an aromatic ring is 1. The Morgan fingerprint density at radius 3 is 2.58 bits per heavy atom. The second-order valence-electron chi connectivity index (χ2n) is 3.90. The molecule has 0 saturated heterocycles. The molecule has 100 valence electrons. The maximum Gasteiger partial charge on any atom is 0.0549 e. The molecule has 1 unspecified atom stereocenters. The summed E-state index contributed by atoms with van der Waals surface area (Å²) >= 11 is 5.12. The number of anilines is 1. The molecule has 2 rings (SSSR count). The molecule has 5 heteroatoms. The van der Waals surface area contributed by atoms with E-state index in [0.29, 0.717) is 11.4 Å². The average molecular weight is 356 g/mol. The van der Waals surface area contributed by atoms with E-state index in [4.69, 9.17) is 5.73 Å². The summed E-state index contributed by atoms with van der Waals surface area (Å²) in [5.41, 5.74) is 6.34. The molecule has 0 bridgehead atoms. The molecule has 0 saturated carbocycles. The van der Waals surface area contributed by atoms with Gasteiger partial charge in [-0.1, -0.05) is 18.2 Å². The van der Waals surface area contributed by atoms with Gasteiger partial charge in [0.1, 0.15) is 0 Å². The van der Waals surface area contributed by atoms with E-state index in [1.54, 1.807) is 23.9 Å². The van der Waals surface area contributed by atoms with E-state index in [1.165, 1.54) is 4.90 Å². The van der Waals surface area contributed by atoms with E-state index in [1.807, 2.05) is 24.3 Å². The number of thioether (sulfide) groups is 1. The minimum atomic E-state index is -1.00. The van der Waals surface area contributed by atoms with E-state index in [2.05, 4.69) is 28.1 Å². The van der Waals surface area contributed by atoms with Gasteiger partial charge in [0.25, 0.3) is 0 Å².